The fourth-order valence-electron chi connectivity index (χ4n) is 6.91. The third kappa shape index (κ3) is 2.83. The number of carbonyl (C=O) groups excluding carboxylic acids is 1. The molecule has 0 heterocycles. The van der Waals surface area contributed by atoms with E-state index in [0.717, 1.165) is 0 Å². The highest BCUT2D eigenvalue weighted by Gasteiger charge is 2.46. The first kappa shape index (κ1) is 25.7. The van der Waals surface area contributed by atoms with Crippen molar-refractivity contribution in [2.75, 3.05) is 28.4 Å². The van der Waals surface area contributed by atoms with Gasteiger partial charge in [-0.25, -0.2) is 0 Å². The van der Waals surface area contributed by atoms with Crippen LogP contribution in [0.4, 0.5) is 0 Å². The monoisotopic (exact) mass is 546 g/mol. The number of hydrogen-bond acceptors (Lipinski definition) is 10. The fourth-order valence-corrected chi connectivity index (χ4v) is 6.91. The first-order valence-electron chi connectivity index (χ1n) is 12.5. The van der Waals surface area contributed by atoms with Crippen LogP contribution in [0.5, 0.6) is 34.5 Å². The van der Waals surface area contributed by atoms with Gasteiger partial charge < -0.3 is 34.3 Å². The van der Waals surface area contributed by atoms with Gasteiger partial charge in [0.1, 0.15) is 17.3 Å². The Morgan fingerprint density at radius 1 is 0.700 bits per heavy atom. The van der Waals surface area contributed by atoms with Crippen LogP contribution in [0, 0.1) is 0 Å². The molecule has 10 nitrogen and oxygen atoms in total. The molecule has 0 amide bonds. The average Bonchev–Trinajstić information content (AvgIpc) is 2.91. The molecule has 1 aliphatic carbocycles. The van der Waals surface area contributed by atoms with Gasteiger partial charge in [-0.3, -0.25) is 14.4 Å². The van der Waals surface area contributed by atoms with Crippen LogP contribution in [0.25, 0.3) is 43.1 Å². The van der Waals surface area contributed by atoms with E-state index in [0.29, 0.717) is 27.1 Å². The van der Waals surface area contributed by atoms with Crippen molar-refractivity contribution in [3.8, 4) is 34.5 Å². The fraction of sp³-hybridized carbons (Fsp3) is 0.300. The van der Waals surface area contributed by atoms with Crippen molar-refractivity contribution >= 4 is 48.9 Å². The second kappa shape index (κ2) is 8.46. The molecular weight excluding hydrogens is 520 g/mol. The van der Waals surface area contributed by atoms with Crippen molar-refractivity contribution in [3.63, 3.8) is 0 Å². The number of rotatable bonds is 6. The van der Waals surface area contributed by atoms with E-state index in [-0.39, 0.29) is 55.9 Å². The van der Waals surface area contributed by atoms with E-state index in [1.54, 1.807) is 0 Å². The SMILES string of the molecule is COc1c(O)c2c(=O)cc(OC)c3c4c(OC)cc(=O)c5c(O)c(OC)c6c(c(c1C(C(C)=O)C6C(C)O)c23)c54. The van der Waals surface area contributed by atoms with Crippen LogP contribution in [0.3, 0.4) is 0 Å². The second-order valence-electron chi connectivity index (χ2n) is 10.1. The highest BCUT2D eigenvalue weighted by atomic mass is 16.5. The number of Topliss-reactive ketones (excluding diaryl/α,β-unsaturated/α-hetero) is 1. The molecule has 5 aromatic rings. The minimum atomic E-state index is -1.16. The number of benzene rings is 5. The Hall–Kier alpha value is -4.57. The Kier molecular flexibility index (Phi) is 5.44. The molecule has 206 valence electrons. The lowest BCUT2D eigenvalue weighted by atomic mass is 9.67. The third-order valence-corrected chi connectivity index (χ3v) is 8.25. The highest BCUT2D eigenvalue weighted by Crippen LogP contribution is 2.62. The molecule has 5 aromatic carbocycles. The standard InChI is InChI=1S/C30H26O10/c1-9(31)15-16(10(2)32)26-24-22-18(28(36)30(26)40-6)12(34)8-14(38-4)20(22)19-13(37-3)7-11(33)17-21(19)23(24)25(15)29(39-5)27(17)35/h7-9,15-16,31,35-36H,1-6H3. The van der Waals surface area contributed by atoms with Crippen molar-refractivity contribution < 1.29 is 39.1 Å². The summed E-state index contributed by atoms with van der Waals surface area (Å²) in [6, 6.07) is 2.45. The Balaban J connectivity index is 2.19. The van der Waals surface area contributed by atoms with Gasteiger partial charge in [-0.1, -0.05) is 0 Å². The predicted octanol–water partition coefficient (Wildman–Crippen LogP) is 3.49. The summed E-state index contributed by atoms with van der Waals surface area (Å²) < 4.78 is 22.6. The quantitative estimate of drug-likeness (QED) is 0.213. The zero-order valence-electron chi connectivity index (χ0n) is 22.6. The van der Waals surface area contributed by atoms with E-state index in [4.69, 9.17) is 18.9 Å². The maximum absolute atomic E-state index is 13.5. The number of methoxy groups -OCH3 is 4. The van der Waals surface area contributed by atoms with Gasteiger partial charge in [0.2, 0.25) is 0 Å². The molecule has 40 heavy (non-hydrogen) atoms. The summed E-state index contributed by atoms with van der Waals surface area (Å²) >= 11 is 0. The number of aliphatic hydroxyl groups excluding tert-OH is 1. The minimum Gasteiger partial charge on any atom is -0.504 e. The summed E-state index contributed by atoms with van der Waals surface area (Å²) in [5, 5.41) is 36.0. The Labute approximate surface area is 226 Å². The Morgan fingerprint density at radius 2 is 1.12 bits per heavy atom. The molecule has 0 fully saturated rings. The number of phenolic OH excluding ortho intramolecular Hbond substituents is 2. The summed E-state index contributed by atoms with van der Waals surface area (Å²) in [7, 11) is 5.40. The highest BCUT2D eigenvalue weighted by molar-refractivity contribution is 6.39. The van der Waals surface area contributed by atoms with E-state index >= 15 is 0 Å². The van der Waals surface area contributed by atoms with Gasteiger partial charge in [0.15, 0.2) is 33.9 Å². The van der Waals surface area contributed by atoms with Crippen LogP contribution < -0.4 is 29.8 Å². The molecule has 3 N–H and O–H groups in total. The molecule has 3 atom stereocenters. The van der Waals surface area contributed by atoms with Crippen molar-refractivity contribution in [3.05, 3.63) is 43.7 Å². The summed E-state index contributed by atoms with van der Waals surface area (Å²) in [4.78, 5) is 40.4. The zero-order chi connectivity index (χ0) is 28.9. The van der Waals surface area contributed by atoms with E-state index in [1.807, 2.05) is 0 Å². The van der Waals surface area contributed by atoms with Gasteiger partial charge in [0.25, 0.3) is 0 Å². The Morgan fingerprint density at radius 3 is 1.50 bits per heavy atom. The van der Waals surface area contributed by atoms with Crippen LogP contribution in [0.1, 0.15) is 36.8 Å². The van der Waals surface area contributed by atoms with Gasteiger partial charge in [-0.15, -0.1) is 0 Å². The van der Waals surface area contributed by atoms with Crippen LogP contribution in [0.15, 0.2) is 21.7 Å². The normalized spacial score (nSPS) is 17.3. The van der Waals surface area contributed by atoms with Crippen molar-refractivity contribution in [2.45, 2.75) is 31.8 Å². The molecule has 0 bridgehead atoms. The smallest absolute Gasteiger partial charge is 0.194 e. The van der Waals surface area contributed by atoms with Crippen molar-refractivity contribution in [1.29, 1.82) is 0 Å². The van der Waals surface area contributed by atoms with Gasteiger partial charge in [0, 0.05) is 50.7 Å². The molecule has 0 saturated heterocycles. The number of phenols is 2. The lowest BCUT2D eigenvalue weighted by Gasteiger charge is -2.37. The molecule has 3 unspecified atom stereocenters. The van der Waals surface area contributed by atoms with Crippen molar-refractivity contribution in [1.82, 2.24) is 0 Å². The van der Waals surface area contributed by atoms with Crippen molar-refractivity contribution in [2.24, 2.45) is 0 Å². The summed E-state index contributed by atoms with van der Waals surface area (Å²) in [5.74, 6) is -3.22. The molecule has 0 saturated carbocycles. The number of ketones is 1. The summed E-state index contributed by atoms with van der Waals surface area (Å²) in [6.45, 7) is 2.86. The molecule has 0 aromatic heterocycles. The predicted molar refractivity (Wildman–Crippen MR) is 149 cm³/mol. The number of ether oxygens (including phenoxy) is 4. The van der Waals surface area contributed by atoms with Gasteiger partial charge in [-0.2, -0.15) is 0 Å². The second-order valence-corrected chi connectivity index (χ2v) is 10.1. The lowest BCUT2D eigenvalue weighted by Crippen LogP contribution is -2.30. The Bertz CT molecular complexity index is 2030. The number of fused-ring (bicyclic) bond motifs is 1. The third-order valence-electron chi connectivity index (χ3n) is 8.25. The van der Waals surface area contributed by atoms with Crippen LogP contribution in [0.2, 0.25) is 0 Å². The molecule has 10 heteroatoms. The van der Waals surface area contributed by atoms with E-state index in [2.05, 4.69) is 0 Å². The number of aliphatic hydroxyl groups is 1. The van der Waals surface area contributed by atoms with E-state index < -0.39 is 40.3 Å². The van der Waals surface area contributed by atoms with Gasteiger partial charge in [0.05, 0.1) is 51.2 Å². The summed E-state index contributed by atoms with van der Waals surface area (Å²) in [6.07, 6.45) is -1.16. The zero-order valence-corrected chi connectivity index (χ0v) is 22.6. The van der Waals surface area contributed by atoms with E-state index in [1.165, 1.54) is 54.4 Å². The van der Waals surface area contributed by atoms with Gasteiger partial charge >= 0.3 is 0 Å². The number of hydrogen-bond donors (Lipinski definition) is 3. The summed E-state index contributed by atoms with van der Waals surface area (Å²) in [5.41, 5.74) is -0.568. The molecule has 0 radical (unpaired) electrons. The number of aromatic hydroxyl groups is 2. The molecular formula is C30H26O10. The lowest BCUT2D eigenvalue weighted by molar-refractivity contribution is -0.119. The van der Waals surface area contributed by atoms with Crippen LogP contribution >= 0.6 is 0 Å². The largest absolute Gasteiger partial charge is 0.504 e. The van der Waals surface area contributed by atoms with Crippen LogP contribution in [-0.2, 0) is 4.79 Å². The maximum Gasteiger partial charge on any atom is 0.194 e. The maximum atomic E-state index is 13.5. The molecule has 0 aliphatic heterocycles. The topological polar surface area (TPSA) is 149 Å². The van der Waals surface area contributed by atoms with Crippen LogP contribution in [-0.4, -0.2) is 55.6 Å². The first-order chi connectivity index (χ1) is 19.0. The first-order valence-corrected chi connectivity index (χ1v) is 12.5. The molecule has 1 aliphatic rings. The van der Waals surface area contributed by atoms with E-state index in [9.17, 15) is 29.7 Å². The average molecular weight is 547 g/mol. The number of carbonyl (C=O) groups is 1. The molecule has 6 rings (SSSR count). The minimum absolute atomic E-state index is 0.0675. The molecule has 0 spiro atoms. The van der Waals surface area contributed by atoms with Gasteiger partial charge in [-0.05, 0) is 24.6 Å².